The van der Waals surface area contributed by atoms with Crippen molar-refractivity contribution in [1.29, 1.82) is 0 Å². The highest BCUT2D eigenvalue weighted by molar-refractivity contribution is 8.00. The molecule has 0 radical (unpaired) electrons. The lowest BCUT2D eigenvalue weighted by Gasteiger charge is -2.07. The first-order chi connectivity index (χ1) is 13.7. The van der Waals surface area contributed by atoms with E-state index in [1.807, 2.05) is 36.1 Å². The van der Waals surface area contributed by atoms with Crippen LogP contribution in [-0.4, -0.2) is 22.1 Å². The summed E-state index contributed by atoms with van der Waals surface area (Å²) < 4.78 is 8.45. The van der Waals surface area contributed by atoms with Gasteiger partial charge in [0.25, 0.3) is 0 Å². The van der Waals surface area contributed by atoms with Crippen LogP contribution in [0.1, 0.15) is 27.7 Å². The molecule has 2 aromatic carbocycles. The van der Waals surface area contributed by atoms with E-state index in [0.717, 1.165) is 26.4 Å². The van der Waals surface area contributed by atoms with Crippen LogP contribution in [0.3, 0.4) is 0 Å². The van der Waals surface area contributed by atoms with Crippen molar-refractivity contribution in [3.8, 4) is 0 Å². The maximum Gasteiger partial charge on any atom is 0.349 e. The lowest BCUT2D eigenvalue weighted by Crippen LogP contribution is -2.03. The number of nitrogens with zero attached hydrogens (tertiary/aromatic N) is 2. The number of fused-ring (bicyclic) bond motifs is 1. The average Bonchev–Trinajstić information content (AvgIpc) is 3.32. The molecule has 4 nitrogen and oxygen atoms in total. The quantitative estimate of drug-likeness (QED) is 0.379. The molecule has 4 aromatic rings. The summed E-state index contributed by atoms with van der Waals surface area (Å²) in [5, 5.41) is 1.09. The zero-order valence-corrected chi connectivity index (χ0v) is 17.3. The number of aryl methyl sites for hydroxylation is 1. The second kappa shape index (κ2) is 8.20. The van der Waals surface area contributed by atoms with E-state index >= 15 is 0 Å². The largest absolute Gasteiger partial charge is 0.462 e. The third-order valence-electron chi connectivity index (χ3n) is 4.40. The van der Waals surface area contributed by atoms with Crippen LogP contribution in [0.25, 0.3) is 10.1 Å². The van der Waals surface area contributed by atoms with Crippen molar-refractivity contribution in [3.63, 3.8) is 0 Å². The van der Waals surface area contributed by atoms with E-state index in [2.05, 4.69) is 42.2 Å². The number of esters is 1. The molecule has 6 heteroatoms. The second-order valence-electron chi connectivity index (χ2n) is 6.41. The van der Waals surface area contributed by atoms with Crippen molar-refractivity contribution in [2.24, 2.45) is 0 Å². The zero-order chi connectivity index (χ0) is 19.5. The van der Waals surface area contributed by atoms with E-state index in [1.165, 1.54) is 22.5 Å². The van der Waals surface area contributed by atoms with E-state index in [0.29, 0.717) is 11.5 Å². The molecule has 0 saturated heterocycles. The topological polar surface area (TPSA) is 44.1 Å². The standard InChI is InChI=1S/C22H20N2O2S2/c1-3-26-22(25)21-20(27-18-7-5-4-6-15(18)2)17-9-8-16(12-19(17)28-21)13-24-11-10-23-14-24/h4-12,14H,3,13H2,1-2H3. The van der Waals surface area contributed by atoms with E-state index < -0.39 is 0 Å². The maximum absolute atomic E-state index is 12.6. The molecule has 0 aliphatic rings. The van der Waals surface area contributed by atoms with E-state index in [-0.39, 0.29) is 5.97 Å². The van der Waals surface area contributed by atoms with Gasteiger partial charge in [-0.05, 0) is 37.1 Å². The monoisotopic (exact) mass is 408 g/mol. The number of ether oxygens (including phenoxy) is 1. The second-order valence-corrected chi connectivity index (χ2v) is 8.52. The number of rotatable bonds is 6. The van der Waals surface area contributed by atoms with Gasteiger partial charge in [-0.3, -0.25) is 0 Å². The van der Waals surface area contributed by atoms with Crippen molar-refractivity contribution in [3.05, 3.63) is 77.2 Å². The van der Waals surface area contributed by atoms with Gasteiger partial charge in [0.1, 0.15) is 4.88 Å². The summed E-state index contributed by atoms with van der Waals surface area (Å²) >= 11 is 3.14. The van der Waals surface area contributed by atoms with Crippen LogP contribution in [-0.2, 0) is 11.3 Å². The third-order valence-corrected chi connectivity index (χ3v) is 6.97. The number of carbonyl (C=O) groups excluding carboxylic acids is 1. The Labute approximate surface area is 172 Å². The summed E-state index contributed by atoms with van der Waals surface area (Å²) in [6.07, 6.45) is 5.53. The smallest absolute Gasteiger partial charge is 0.349 e. The molecule has 0 amide bonds. The molecule has 0 N–H and O–H groups in total. The molecule has 2 aromatic heterocycles. The van der Waals surface area contributed by atoms with Crippen LogP contribution >= 0.6 is 23.1 Å². The minimum Gasteiger partial charge on any atom is -0.462 e. The molecule has 0 saturated carbocycles. The average molecular weight is 409 g/mol. The fourth-order valence-corrected chi connectivity index (χ4v) is 5.45. The number of aromatic nitrogens is 2. The summed E-state index contributed by atoms with van der Waals surface area (Å²) in [6, 6.07) is 14.6. The molecule has 0 unspecified atom stereocenters. The summed E-state index contributed by atoms with van der Waals surface area (Å²) in [5.41, 5.74) is 2.37. The minimum absolute atomic E-state index is 0.254. The molecule has 0 spiro atoms. The van der Waals surface area contributed by atoms with Crippen molar-refractivity contribution < 1.29 is 9.53 Å². The SMILES string of the molecule is CCOC(=O)c1sc2cc(Cn3ccnc3)ccc2c1Sc1ccccc1C. The van der Waals surface area contributed by atoms with Gasteiger partial charge < -0.3 is 9.30 Å². The van der Waals surface area contributed by atoms with Crippen molar-refractivity contribution in [2.75, 3.05) is 6.61 Å². The molecular formula is C22H20N2O2S2. The molecule has 2 heterocycles. The van der Waals surface area contributed by atoms with Gasteiger partial charge in [-0.25, -0.2) is 9.78 Å². The number of hydrogen-bond acceptors (Lipinski definition) is 5. The minimum atomic E-state index is -0.254. The Morgan fingerprint density at radius 2 is 2.11 bits per heavy atom. The summed E-state index contributed by atoms with van der Waals surface area (Å²) in [7, 11) is 0. The van der Waals surface area contributed by atoms with Crippen molar-refractivity contribution in [1.82, 2.24) is 9.55 Å². The molecule has 0 aliphatic carbocycles. The Balaban J connectivity index is 1.77. The molecule has 0 fully saturated rings. The number of thiophene rings is 1. The lowest BCUT2D eigenvalue weighted by molar-refractivity contribution is 0.0528. The van der Waals surface area contributed by atoms with Crippen molar-refractivity contribution >= 4 is 39.2 Å². The fourth-order valence-electron chi connectivity index (χ4n) is 3.02. The van der Waals surface area contributed by atoms with Gasteiger partial charge >= 0.3 is 5.97 Å². The highest BCUT2D eigenvalue weighted by Gasteiger charge is 2.21. The third kappa shape index (κ3) is 3.84. The molecule has 142 valence electrons. The van der Waals surface area contributed by atoms with Gasteiger partial charge in [-0.15, -0.1) is 11.3 Å². The van der Waals surface area contributed by atoms with Crippen LogP contribution < -0.4 is 0 Å². The predicted molar refractivity (Wildman–Crippen MR) is 114 cm³/mol. The normalized spacial score (nSPS) is 11.1. The van der Waals surface area contributed by atoms with Crippen LogP contribution in [0, 0.1) is 6.92 Å². The Hall–Kier alpha value is -2.57. The van der Waals surface area contributed by atoms with Gasteiger partial charge in [0, 0.05) is 38.8 Å². The Morgan fingerprint density at radius 1 is 1.25 bits per heavy atom. The summed E-state index contributed by atoms with van der Waals surface area (Å²) in [4.78, 5) is 19.5. The maximum atomic E-state index is 12.6. The Bertz CT molecular complexity index is 1120. The van der Waals surface area contributed by atoms with E-state index in [4.69, 9.17) is 4.74 Å². The molecule has 0 bridgehead atoms. The molecule has 0 aliphatic heterocycles. The number of imidazole rings is 1. The van der Waals surface area contributed by atoms with Gasteiger partial charge in [-0.1, -0.05) is 42.1 Å². The van der Waals surface area contributed by atoms with Crippen LogP contribution in [0.2, 0.25) is 0 Å². The van der Waals surface area contributed by atoms with Crippen molar-refractivity contribution in [2.45, 2.75) is 30.2 Å². The van der Waals surface area contributed by atoms with Crippen LogP contribution in [0.5, 0.6) is 0 Å². The predicted octanol–water partition coefficient (Wildman–Crippen LogP) is 5.78. The zero-order valence-electron chi connectivity index (χ0n) is 15.7. The highest BCUT2D eigenvalue weighted by Crippen LogP contribution is 2.43. The Kier molecular flexibility index (Phi) is 5.50. The number of carbonyl (C=O) groups is 1. The van der Waals surface area contributed by atoms with Gasteiger partial charge in [0.2, 0.25) is 0 Å². The summed E-state index contributed by atoms with van der Waals surface area (Å²) in [6.45, 7) is 5.04. The van der Waals surface area contributed by atoms with Gasteiger partial charge in [-0.2, -0.15) is 0 Å². The molecule has 0 atom stereocenters. The van der Waals surface area contributed by atoms with E-state index in [1.54, 1.807) is 18.0 Å². The lowest BCUT2D eigenvalue weighted by atomic mass is 10.1. The molecular weight excluding hydrogens is 388 g/mol. The van der Waals surface area contributed by atoms with Gasteiger partial charge in [0.15, 0.2) is 0 Å². The van der Waals surface area contributed by atoms with Crippen LogP contribution in [0.4, 0.5) is 0 Å². The molecule has 4 rings (SSSR count). The van der Waals surface area contributed by atoms with Gasteiger partial charge in [0.05, 0.1) is 12.9 Å². The Morgan fingerprint density at radius 3 is 2.86 bits per heavy atom. The molecule has 28 heavy (non-hydrogen) atoms. The first-order valence-corrected chi connectivity index (χ1v) is 10.7. The number of benzene rings is 2. The number of hydrogen-bond donors (Lipinski definition) is 0. The fraction of sp³-hybridized carbons (Fsp3) is 0.182. The first kappa shape index (κ1) is 18.8. The highest BCUT2D eigenvalue weighted by atomic mass is 32.2. The first-order valence-electron chi connectivity index (χ1n) is 9.07. The van der Waals surface area contributed by atoms with Crippen LogP contribution in [0.15, 0.2) is 71.0 Å². The summed E-state index contributed by atoms with van der Waals surface area (Å²) in [5.74, 6) is -0.254. The van der Waals surface area contributed by atoms with E-state index in [9.17, 15) is 4.79 Å².